The SMILES string of the molecule is N=C(N)c1c(-c2cccc3[nH]c(N)nc23)ccc(S(=O)CCN)c1S(=O)(=O)ON. The third kappa shape index (κ3) is 3.73. The first kappa shape index (κ1) is 20.9. The third-order valence-electron chi connectivity index (χ3n) is 4.14. The highest BCUT2D eigenvalue weighted by atomic mass is 32.2. The van der Waals surface area contributed by atoms with Crippen molar-refractivity contribution >= 4 is 43.7 Å². The summed E-state index contributed by atoms with van der Waals surface area (Å²) in [7, 11) is -6.37. The number of nitrogen functional groups attached to an aromatic ring is 2. The van der Waals surface area contributed by atoms with Gasteiger partial charge in [0.05, 0.1) is 26.7 Å². The van der Waals surface area contributed by atoms with Crippen LogP contribution in [0, 0.1) is 5.41 Å². The predicted molar refractivity (Wildman–Crippen MR) is 110 cm³/mol. The minimum Gasteiger partial charge on any atom is -0.384 e. The molecule has 1 unspecified atom stereocenters. The third-order valence-corrected chi connectivity index (χ3v) is 6.88. The number of amidine groups is 1. The van der Waals surface area contributed by atoms with E-state index in [-0.39, 0.29) is 34.3 Å². The van der Waals surface area contributed by atoms with Crippen molar-refractivity contribution in [3.8, 4) is 11.1 Å². The zero-order valence-electron chi connectivity index (χ0n) is 15.0. The summed E-state index contributed by atoms with van der Waals surface area (Å²) >= 11 is 0. The van der Waals surface area contributed by atoms with Crippen LogP contribution < -0.4 is 23.1 Å². The van der Waals surface area contributed by atoms with Gasteiger partial charge in [-0.2, -0.15) is 18.6 Å². The Balaban J connectivity index is 2.45. The van der Waals surface area contributed by atoms with Crippen LogP contribution in [-0.2, 0) is 25.2 Å². The van der Waals surface area contributed by atoms with Crippen molar-refractivity contribution in [3.05, 3.63) is 35.9 Å². The summed E-state index contributed by atoms with van der Waals surface area (Å²) in [6.07, 6.45) is 0. The number of nitrogens with one attached hydrogen (secondary N) is 2. The van der Waals surface area contributed by atoms with Crippen LogP contribution in [0.4, 0.5) is 5.95 Å². The number of hydrogen-bond acceptors (Lipinski definition) is 9. The van der Waals surface area contributed by atoms with E-state index in [1.165, 1.54) is 12.1 Å². The number of hydrogen-bond donors (Lipinski definition) is 6. The molecule has 1 aromatic heterocycles. The molecular weight excluding hydrogens is 418 g/mol. The highest BCUT2D eigenvalue weighted by Crippen LogP contribution is 2.36. The van der Waals surface area contributed by atoms with Crippen LogP contribution in [0.2, 0.25) is 0 Å². The second kappa shape index (κ2) is 7.88. The van der Waals surface area contributed by atoms with Crippen molar-refractivity contribution in [1.82, 2.24) is 9.97 Å². The fourth-order valence-corrected chi connectivity index (χ4v) is 5.44. The fourth-order valence-electron chi connectivity index (χ4n) is 3.02. The number of aromatic amines is 1. The summed E-state index contributed by atoms with van der Waals surface area (Å²) in [5.74, 6) is 4.55. The monoisotopic (exact) mass is 437 g/mol. The maximum absolute atomic E-state index is 12.6. The number of H-pyrrole nitrogens is 1. The average Bonchev–Trinajstić information content (AvgIpc) is 3.07. The van der Waals surface area contributed by atoms with E-state index in [1.54, 1.807) is 18.2 Å². The molecule has 2 aromatic carbocycles. The number of anilines is 1. The predicted octanol–water partition coefficient (Wildman–Crippen LogP) is -0.259. The fraction of sp³-hybridized carbons (Fsp3) is 0.125. The first-order chi connectivity index (χ1) is 13.7. The van der Waals surface area contributed by atoms with E-state index >= 15 is 0 Å². The van der Waals surface area contributed by atoms with E-state index in [0.717, 1.165) is 0 Å². The van der Waals surface area contributed by atoms with Gasteiger partial charge in [-0.15, -0.1) is 0 Å². The van der Waals surface area contributed by atoms with E-state index in [9.17, 15) is 12.6 Å². The normalized spacial score (nSPS) is 12.9. The van der Waals surface area contributed by atoms with E-state index in [4.69, 9.17) is 28.5 Å². The lowest BCUT2D eigenvalue weighted by Crippen LogP contribution is -2.23. The maximum atomic E-state index is 12.6. The molecule has 0 amide bonds. The molecule has 0 aliphatic carbocycles. The molecule has 3 aromatic rings. The largest absolute Gasteiger partial charge is 0.384 e. The van der Waals surface area contributed by atoms with Crippen molar-refractivity contribution in [2.24, 2.45) is 17.4 Å². The number of benzene rings is 2. The van der Waals surface area contributed by atoms with Crippen LogP contribution >= 0.6 is 0 Å². The number of imidazole rings is 1. The van der Waals surface area contributed by atoms with Gasteiger partial charge in [-0.25, -0.2) is 4.98 Å². The lowest BCUT2D eigenvalue weighted by molar-refractivity contribution is 0.331. The zero-order valence-corrected chi connectivity index (χ0v) is 16.6. The summed E-state index contributed by atoms with van der Waals surface area (Å²) in [5, 5.41) is 8.01. The minimum atomic E-state index is -4.58. The Bertz CT molecular complexity index is 1240. The molecule has 0 saturated heterocycles. The smallest absolute Gasteiger partial charge is 0.314 e. The van der Waals surface area contributed by atoms with E-state index in [2.05, 4.69) is 14.3 Å². The highest BCUT2D eigenvalue weighted by molar-refractivity contribution is 7.89. The second-order valence-corrected chi connectivity index (χ2v) is 8.99. The molecule has 154 valence electrons. The molecule has 0 aliphatic heterocycles. The van der Waals surface area contributed by atoms with Crippen LogP contribution in [-0.4, -0.2) is 40.7 Å². The Morgan fingerprint density at radius 2 is 1.97 bits per heavy atom. The number of fused-ring (bicyclic) bond motifs is 1. The van der Waals surface area contributed by atoms with Gasteiger partial charge < -0.3 is 22.2 Å². The van der Waals surface area contributed by atoms with Crippen molar-refractivity contribution in [3.63, 3.8) is 0 Å². The summed E-state index contributed by atoms with van der Waals surface area (Å²) < 4.78 is 42.0. The number of nitrogens with two attached hydrogens (primary N) is 4. The van der Waals surface area contributed by atoms with Gasteiger partial charge in [0.15, 0.2) is 5.95 Å². The van der Waals surface area contributed by atoms with Crippen LogP contribution in [0.5, 0.6) is 0 Å². The molecule has 0 aliphatic rings. The van der Waals surface area contributed by atoms with E-state index < -0.39 is 31.6 Å². The van der Waals surface area contributed by atoms with Crippen molar-refractivity contribution in [2.75, 3.05) is 18.0 Å². The zero-order chi connectivity index (χ0) is 21.3. The Morgan fingerprint density at radius 3 is 2.59 bits per heavy atom. The van der Waals surface area contributed by atoms with Crippen LogP contribution in [0.15, 0.2) is 40.1 Å². The average molecular weight is 438 g/mol. The van der Waals surface area contributed by atoms with Gasteiger partial charge >= 0.3 is 10.1 Å². The molecule has 0 spiro atoms. The molecule has 13 heteroatoms. The van der Waals surface area contributed by atoms with Gasteiger partial charge in [0.25, 0.3) is 0 Å². The highest BCUT2D eigenvalue weighted by Gasteiger charge is 2.30. The molecule has 3 rings (SSSR count). The summed E-state index contributed by atoms with van der Waals surface area (Å²) in [4.78, 5) is 6.44. The van der Waals surface area contributed by atoms with Crippen molar-refractivity contribution in [2.45, 2.75) is 9.79 Å². The molecule has 1 heterocycles. The molecule has 10 N–H and O–H groups in total. The standard InChI is InChI=1S/C16H19N7O4S2/c17-6-7-28(24)11-5-4-8(12(15(18)19)14(11)29(25,26)27-21)9-2-1-3-10-13(9)23-16(20)22-10/h1-5H,6-7,17,21H2,(H3,18,19)(H3,20,22,23). The summed E-state index contributed by atoms with van der Waals surface area (Å²) in [6.45, 7) is 0.0542. The molecule has 0 fully saturated rings. The van der Waals surface area contributed by atoms with Gasteiger partial charge in [-0.05, 0) is 17.7 Å². The Labute approximate surface area is 168 Å². The molecule has 0 saturated carbocycles. The van der Waals surface area contributed by atoms with E-state index in [1.807, 2.05) is 0 Å². The van der Waals surface area contributed by atoms with Gasteiger partial charge in [-0.1, -0.05) is 18.2 Å². The Hall–Kier alpha value is -2.84. The molecule has 11 nitrogen and oxygen atoms in total. The van der Waals surface area contributed by atoms with Gasteiger partial charge in [0.1, 0.15) is 10.7 Å². The molecular formula is C16H19N7O4S2. The number of rotatable bonds is 7. The van der Waals surface area contributed by atoms with Gasteiger partial charge in [0, 0.05) is 23.4 Å². The van der Waals surface area contributed by atoms with Crippen LogP contribution in [0.25, 0.3) is 22.2 Å². The quantitative estimate of drug-likeness (QED) is 0.163. The van der Waals surface area contributed by atoms with Crippen molar-refractivity contribution in [1.29, 1.82) is 5.41 Å². The summed E-state index contributed by atoms with van der Waals surface area (Å²) in [5.41, 5.74) is 18.5. The minimum absolute atomic E-state index is 0.00470. The van der Waals surface area contributed by atoms with Crippen LogP contribution in [0.1, 0.15) is 5.56 Å². The first-order valence-corrected chi connectivity index (χ1v) is 10.9. The lowest BCUT2D eigenvalue weighted by atomic mass is 9.97. The number of nitrogens with zero attached hydrogens (tertiary/aromatic N) is 1. The maximum Gasteiger partial charge on any atom is 0.314 e. The lowest BCUT2D eigenvalue weighted by Gasteiger charge is -2.17. The Morgan fingerprint density at radius 1 is 1.24 bits per heavy atom. The van der Waals surface area contributed by atoms with Crippen molar-refractivity contribution < 1.29 is 16.9 Å². The molecule has 0 bridgehead atoms. The topological polar surface area (TPSA) is 217 Å². The second-order valence-electron chi connectivity index (χ2n) is 5.94. The van der Waals surface area contributed by atoms with E-state index in [0.29, 0.717) is 16.6 Å². The van der Waals surface area contributed by atoms with Crippen LogP contribution in [0.3, 0.4) is 0 Å². The summed E-state index contributed by atoms with van der Waals surface area (Å²) in [6, 6.07) is 7.97. The van der Waals surface area contributed by atoms with Gasteiger partial charge in [0.2, 0.25) is 0 Å². The molecule has 0 radical (unpaired) electrons. The molecule has 1 atom stereocenters. The first-order valence-electron chi connectivity index (χ1n) is 8.19. The Kier molecular flexibility index (Phi) is 5.68. The number of aromatic nitrogens is 2. The van der Waals surface area contributed by atoms with Gasteiger partial charge in [-0.3, -0.25) is 9.62 Å². The molecule has 29 heavy (non-hydrogen) atoms. The number of para-hydroxylation sites is 1.